The van der Waals surface area contributed by atoms with Crippen molar-refractivity contribution >= 4 is 18.0 Å². The summed E-state index contributed by atoms with van der Waals surface area (Å²) in [5.41, 5.74) is 7.38. The van der Waals surface area contributed by atoms with Gasteiger partial charge in [-0.05, 0) is 12.1 Å². The van der Waals surface area contributed by atoms with E-state index in [4.69, 9.17) is 10.5 Å². The Morgan fingerprint density at radius 3 is 2.75 bits per heavy atom. The van der Waals surface area contributed by atoms with E-state index in [1.54, 1.807) is 24.3 Å². The first-order valence-corrected chi connectivity index (χ1v) is 4.41. The van der Waals surface area contributed by atoms with Crippen molar-refractivity contribution in [3.63, 3.8) is 0 Å². The van der Waals surface area contributed by atoms with Crippen molar-refractivity contribution in [2.24, 2.45) is 10.8 Å². The first-order chi connectivity index (χ1) is 7.65. The smallest absolute Gasteiger partial charge is 0.329 e. The quantitative estimate of drug-likeness (QED) is 0.414. The number of benzene rings is 1. The second-order valence-electron chi connectivity index (χ2n) is 2.81. The summed E-state index contributed by atoms with van der Waals surface area (Å²) in [5.74, 6) is -1.44. The fourth-order valence-electron chi connectivity index (χ4n) is 0.989. The van der Waals surface area contributed by atoms with E-state index in [1.807, 2.05) is 5.43 Å². The molecular formula is C10H11N3O3. The van der Waals surface area contributed by atoms with E-state index in [0.717, 1.165) is 0 Å². The molecule has 3 N–H and O–H groups in total. The van der Waals surface area contributed by atoms with E-state index < -0.39 is 11.8 Å². The normalized spacial score (nSPS) is 10.1. The maximum Gasteiger partial charge on any atom is 0.329 e. The monoisotopic (exact) mass is 221 g/mol. The lowest BCUT2D eigenvalue weighted by atomic mass is 10.2. The minimum Gasteiger partial charge on any atom is -0.496 e. The molecule has 1 aromatic rings. The number of para-hydroxylation sites is 1. The van der Waals surface area contributed by atoms with E-state index in [-0.39, 0.29) is 0 Å². The van der Waals surface area contributed by atoms with Gasteiger partial charge in [-0.1, -0.05) is 12.1 Å². The summed E-state index contributed by atoms with van der Waals surface area (Å²) in [6.07, 6.45) is 1.36. The number of nitrogens with zero attached hydrogens (tertiary/aromatic N) is 1. The van der Waals surface area contributed by atoms with Crippen molar-refractivity contribution in [2.45, 2.75) is 0 Å². The third-order valence-electron chi connectivity index (χ3n) is 1.73. The number of rotatable bonds is 3. The van der Waals surface area contributed by atoms with E-state index in [9.17, 15) is 9.59 Å². The van der Waals surface area contributed by atoms with Crippen LogP contribution in [0.25, 0.3) is 0 Å². The molecule has 0 aliphatic rings. The summed E-state index contributed by atoms with van der Waals surface area (Å²) < 4.78 is 5.05. The number of hydrogen-bond acceptors (Lipinski definition) is 4. The largest absolute Gasteiger partial charge is 0.496 e. The van der Waals surface area contributed by atoms with Gasteiger partial charge in [0.1, 0.15) is 5.75 Å². The van der Waals surface area contributed by atoms with Crippen LogP contribution in [0.15, 0.2) is 29.4 Å². The number of nitrogens with one attached hydrogen (secondary N) is 1. The lowest BCUT2D eigenvalue weighted by Crippen LogP contribution is -2.32. The fourth-order valence-corrected chi connectivity index (χ4v) is 0.989. The van der Waals surface area contributed by atoms with E-state index in [0.29, 0.717) is 11.3 Å². The predicted molar refractivity (Wildman–Crippen MR) is 57.9 cm³/mol. The van der Waals surface area contributed by atoms with Gasteiger partial charge in [0.15, 0.2) is 0 Å². The Bertz CT molecular complexity index is 429. The number of hydrazone groups is 1. The second-order valence-corrected chi connectivity index (χ2v) is 2.81. The number of ether oxygens (including phenoxy) is 1. The molecule has 0 unspecified atom stereocenters. The van der Waals surface area contributed by atoms with Crippen LogP contribution in [0, 0.1) is 0 Å². The highest BCUT2D eigenvalue weighted by molar-refractivity contribution is 6.34. The van der Waals surface area contributed by atoms with Gasteiger partial charge in [0, 0.05) is 5.56 Å². The molecule has 6 heteroatoms. The molecule has 6 nitrogen and oxygen atoms in total. The fraction of sp³-hybridized carbons (Fsp3) is 0.100. The van der Waals surface area contributed by atoms with Gasteiger partial charge in [-0.2, -0.15) is 5.10 Å². The summed E-state index contributed by atoms with van der Waals surface area (Å²) in [5, 5.41) is 3.57. The lowest BCUT2D eigenvalue weighted by molar-refractivity contribution is -0.137. The number of nitrogens with two attached hydrogens (primary N) is 1. The van der Waals surface area contributed by atoms with Crippen molar-refractivity contribution in [2.75, 3.05) is 7.11 Å². The molecule has 0 saturated heterocycles. The molecule has 0 heterocycles. The van der Waals surface area contributed by atoms with Crippen LogP contribution in [0.4, 0.5) is 0 Å². The Morgan fingerprint density at radius 2 is 2.12 bits per heavy atom. The average Bonchev–Trinajstić information content (AvgIpc) is 2.29. The van der Waals surface area contributed by atoms with Crippen molar-refractivity contribution in [1.82, 2.24) is 5.43 Å². The minimum atomic E-state index is -1.09. The molecule has 0 saturated carbocycles. The summed E-state index contributed by atoms with van der Waals surface area (Å²) >= 11 is 0. The van der Waals surface area contributed by atoms with Crippen LogP contribution < -0.4 is 15.9 Å². The molecule has 0 fully saturated rings. The van der Waals surface area contributed by atoms with Gasteiger partial charge in [0.2, 0.25) is 0 Å². The van der Waals surface area contributed by atoms with Gasteiger partial charge in [0.25, 0.3) is 0 Å². The van der Waals surface area contributed by atoms with Gasteiger partial charge < -0.3 is 10.5 Å². The zero-order chi connectivity index (χ0) is 12.0. The Balaban J connectivity index is 2.69. The van der Waals surface area contributed by atoms with Crippen LogP contribution in [-0.4, -0.2) is 25.1 Å². The summed E-state index contributed by atoms with van der Waals surface area (Å²) in [4.78, 5) is 21.1. The molecule has 1 aromatic carbocycles. The Labute approximate surface area is 92.1 Å². The molecule has 1 rings (SSSR count). The maximum atomic E-state index is 10.8. The van der Waals surface area contributed by atoms with Gasteiger partial charge in [-0.25, -0.2) is 5.43 Å². The molecule has 0 aliphatic carbocycles. The van der Waals surface area contributed by atoms with E-state index >= 15 is 0 Å². The van der Waals surface area contributed by atoms with Gasteiger partial charge in [-0.15, -0.1) is 0 Å². The number of methoxy groups -OCH3 is 1. The molecule has 0 radical (unpaired) electrons. The molecule has 0 atom stereocenters. The van der Waals surface area contributed by atoms with Gasteiger partial charge in [-0.3, -0.25) is 9.59 Å². The van der Waals surface area contributed by atoms with Crippen LogP contribution in [-0.2, 0) is 9.59 Å². The average molecular weight is 221 g/mol. The third kappa shape index (κ3) is 3.09. The molecule has 2 amide bonds. The molecule has 0 spiro atoms. The molecule has 0 bridgehead atoms. The Morgan fingerprint density at radius 1 is 1.44 bits per heavy atom. The first-order valence-electron chi connectivity index (χ1n) is 4.41. The standard InChI is InChI=1S/C10H11N3O3/c1-16-8-5-3-2-4-7(8)6-12-13-10(15)9(11)14/h2-6H,1H3,(H2,11,14)(H,13,15)/b12-6+. The van der Waals surface area contributed by atoms with Crippen molar-refractivity contribution < 1.29 is 14.3 Å². The Kier molecular flexibility index (Phi) is 4.02. The molecular weight excluding hydrogens is 210 g/mol. The highest BCUT2D eigenvalue weighted by Crippen LogP contribution is 2.14. The van der Waals surface area contributed by atoms with E-state index in [1.165, 1.54) is 13.3 Å². The van der Waals surface area contributed by atoms with Crippen LogP contribution >= 0.6 is 0 Å². The van der Waals surface area contributed by atoms with Gasteiger partial charge in [0.05, 0.1) is 13.3 Å². The summed E-state index contributed by atoms with van der Waals surface area (Å²) in [7, 11) is 1.52. The zero-order valence-corrected chi connectivity index (χ0v) is 8.64. The SMILES string of the molecule is COc1ccccc1/C=N/NC(=O)C(N)=O. The highest BCUT2D eigenvalue weighted by atomic mass is 16.5. The lowest BCUT2D eigenvalue weighted by Gasteiger charge is -2.02. The highest BCUT2D eigenvalue weighted by Gasteiger charge is 2.05. The van der Waals surface area contributed by atoms with Crippen LogP contribution in [0.2, 0.25) is 0 Å². The third-order valence-corrected chi connectivity index (χ3v) is 1.73. The molecule has 0 aromatic heterocycles. The zero-order valence-electron chi connectivity index (χ0n) is 8.64. The number of carbonyl (C=O) groups excluding carboxylic acids is 2. The predicted octanol–water partition coefficient (Wildman–Crippen LogP) is -0.369. The number of carbonyl (C=O) groups is 2. The van der Waals surface area contributed by atoms with Crippen LogP contribution in [0.1, 0.15) is 5.56 Å². The molecule has 84 valence electrons. The van der Waals surface area contributed by atoms with Crippen molar-refractivity contribution in [3.8, 4) is 5.75 Å². The molecule has 16 heavy (non-hydrogen) atoms. The summed E-state index contributed by atoms with van der Waals surface area (Å²) in [6, 6.07) is 7.09. The minimum absolute atomic E-state index is 0.611. The Hall–Kier alpha value is -2.37. The second kappa shape index (κ2) is 5.50. The van der Waals surface area contributed by atoms with Crippen LogP contribution in [0.5, 0.6) is 5.75 Å². The van der Waals surface area contributed by atoms with Gasteiger partial charge >= 0.3 is 11.8 Å². The van der Waals surface area contributed by atoms with Crippen molar-refractivity contribution in [1.29, 1.82) is 0 Å². The van der Waals surface area contributed by atoms with E-state index in [2.05, 4.69) is 5.10 Å². The first kappa shape index (κ1) is 11.7. The molecule has 0 aliphatic heterocycles. The topological polar surface area (TPSA) is 93.8 Å². The van der Waals surface area contributed by atoms with Crippen molar-refractivity contribution in [3.05, 3.63) is 29.8 Å². The maximum absolute atomic E-state index is 10.8. The van der Waals surface area contributed by atoms with Crippen LogP contribution in [0.3, 0.4) is 0 Å². The number of amides is 2. The number of hydrogen-bond donors (Lipinski definition) is 2. The summed E-state index contributed by atoms with van der Waals surface area (Å²) in [6.45, 7) is 0. The number of primary amides is 1.